The van der Waals surface area contributed by atoms with Crippen LogP contribution in [0, 0.1) is 6.92 Å². The molecule has 0 bridgehead atoms. The second-order valence-electron chi connectivity index (χ2n) is 6.47. The highest BCUT2D eigenvalue weighted by Crippen LogP contribution is 2.46. The molecule has 4 rings (SSSR count). The number of para-hydroxylation sites is 1. The van der Waals surface area contributed by atoms with E-state index in [2.05, 4.69) is 41.4 Å². The molecule has 3 aromatic carbocycles. The summed E-state index contributed by atoms with van der Waals surface area (Å²) < 4.78 is 0. The van der Waals surface area contributed by atoms with Crippen LogP contribution in [0.5, 0.6) is 0 Å². The molecule has 0 radical (unpaired) electrons. The molecular formula is C22H20N2O. The number of hydrogen-bond donors (Lipinski definition) is 1. The van der Waals surface area contributed by atoms with Gasteiger partial charge in [-0.25, -0.2) is 0 Å². The van der Waals surface area contributed by atoms with Crippen molar-refractivity contribution in [1.29, 1.82) is 0 Å². The van der Waals surface area contributed by atoms with Crippen molar-refractivity contribution in [2.24, 2.45) is 0 Å². The zero-order chi connectivity index (χ0) is 17.4. The summed E-state index contributed by atoms with van der Waals surface area (Å²) in [5.74, 6) is -0.0250. The maximum atomic E-state index is 13.3. The number of rotatable bonds is 3. The summed E-state index contributed by atoms with van der Waals surface area (Å²) in [6, 6.07) is 26.2. The summed E-state index contributed by atoms with van der Waals surface area (Å²) in [5.41, 5.74) is 4.13. The van der Waals surface area contributed by atoms with Gasteiger partial charge in [0.2, 0.25) is 0 Å². The van der Waals surface area contributed by atoms with Crippen LogP contribution in [0.3, 0.4) is 0 Å². The number of benzene rings is 3. The molecule has 1 aliphatic rings. The zero-order valence-corrected chi connectivity index (χ0v) is 14.4. The first-order valence-electron chi connectivity index (χ1n) is 8.41. The fraction of sp³-hybridized carbons (Fsp3) is 0.136. The number of anilines is 2. The lowest BCUT2D eigenvalue weighted by atomic mass is 9.82. The molecule has 1 atom stereocenters. The monoisotopic (exact) mass is 328 g/mol. The number of nitrogens with zero attached hydrogens (tertiary/aromatic N) is 1. The molecule has 1 heterocycles. The van der Waals surface area contributed by atoms with Crippen molar-refractivity contribution in [2.45, 2.75) is 12.5 Å². The Kier molecular flexibility index (Phi) is 3.57. The molecule has 0 aliphatic carbocycles. The normalized spacial score (nSPS) is 18.6. The topological polar surface area (TPSA) is 32.3 Å². The fourth-order valence-corrected chi connectivity index (χ4v) is 3.70. The smallest absolute Gasteiger partial charge is 0.259 e. The molecule has 124 valence electrons. The summed E-state index contributed by atoms with van der Waals surface area (Å²) in [6.45, 7) is 2.06. The van der Waals surface area contributed by atoms with Crippen molar-refractivity contribution < 1.29 is 4.79 Å². The van der Waals surface area contributed by atoms with Gasteiger partial charge in [0.1, 0.15) is 0 Å². The Morgan fingerprint density at radius 1 is 0.840 bits per heavy atom. The van der Waals surface area contributed by atoms with E-state index in [9.17, 15) is 4.79 Å². The quantitative estimate of drug-likeness (QED) is 0.776. The Hall–Kier alpha value is -3.07. The SMILES string of the molecule is Cc1ccc(N(C)C2(c3ccccc3)C(=O)Nc3ccccc32)cc1. The maximum absolute atomic E-state index is 13.3. The minimum absolute atomic E-state index is 0.0250. The molecule has 1 aliphatic heterocycles. The van der Waals surface area contributed by atoms with Crippen LogP contribution in [0.25, 0.3) is 0 Å². The minimum atomic E-state index is -0.882. The summed E-state index contributed by atoms with van der Waals surface area (Å²) in [7, 11) is 1.99. The average molecular weight is 328 g/mol. The average Bonchev–Trinajstić information content (AvgIpc) is 2.95. The van der Waals surface area contributed by atoms with Crippen molar-refractivity contribution in [3.63, 3.8) is 0 Å². The van der Waals surface area contributed by atoms with Crippen LogP contribution >= 0.6 is 0 Å². The Labute approximate surface area is 147 Å². The third-order valence-electron chi connectivity index (χ3n) is 5.01. The van der Waals surface area contributed by atoms with Gasteiger partial charge in [0, 0.05) is 24.0 Å². The number of fused-ring (bicyclic) bond motifs is 1. The number of likely N-dealkylation sites (N-methyl/N-ethyl adjacent to an activating group) is 1. The van der Waals surface area contributed by atoms with Crippen LogP contribution < -0.4 is 10.2 Å². The highest BCUT2D eigenvalue weighted by Gasteiger charge is 2.51. The molecule has 0 saturated carbocycles. The predicted molar refractivity (Wildman–Crippen MR) is 102 cm³/mol. The predicted octanol–water partition coefficient (Wildman–Crippen LogP) is 4.33. The van der Waals surface area contributed by atoms with E-state index < -0.39 is 5.54 Å². The van der Waals surface area contributed by atoms with Gasteiger partial charge in [0.05, 0.1) is 0 Å². The summed E-state index contributed by atoms with van der Waals surface area (Å²) in [6.07, 6.45) is 0. The fourth-order valence-electron chi connectivity index (χ4n) is 3.70. The van der Waals surface area contributed by atoms with Gasteiger partial charge in [-0.2, -0.15) is 0 Å². The summed E-state index contributed by atoms with van der Waals surface area (Å²) in [5, 5.41) is 3.07. The molecule has 1 unspecified atom stereocenters. The first-order chi connectivity index (χ1) is 12.1. The molecular weight excluding hydrogens is 308 g/mol. The Bertz CT molecular complexity index is 918. The van der Waals surface area contributed by atoms with Crippen molar-refractivity contribution in [2.75, 3.05) is 17.3 Å². The van der Waals surface area contributed by atoms with Crippen molar-refractivity contribution in [1.82, 2.24) is 0 Å². The van der Waals surface area contributed by atoms with Crippen LogP contribution in [-0.4, -0.2) is 13.0 Å². The first-order valence-corrected chi connectivity index (χ1v) is 8.41. The lowest BCUT2D eigenvalue weighted by Gasteiger charge is -2.39. The van der Waals surface area contributed by atoms with E-state index in [0.717, 1.165) is 22.5 Å². The molecule has 0 saturated heterocycles. The van der Waals surface area contributed by atoms with Crippen LogP contribution in [0.15, 0.2) is 78.9 Å². The van der Waals surface area contributed by atoms with E-state index in [1.165, 1.54) is 5.56 Å². The van der Waals surface area contributed by atoms with E-state index in [0.29, 0.717) is 0 Å². The van der Waals surface area contributed by atoms with Crippen LogP contribution in [0.2, 0.25) is 0 Å². The van der Waals surface area contributed by atoms with Crippen LogP contribution in [0.4, 0.5) is 11.4 Å². The van der Waals surface area contributed by atoms with Crippen LogP contribution in [-0.2, 0) is 10.3 Å². The van der Waals surface area contributed by atoms with E-state index in [1.54, 1.807) is 0 Å². The Balaban J connectivity index is 1.98. The number of hydrogen-bond acceptors (Lipinski definition) is 2. The van der Waals surface area contributed by atoms with Gasteiger partial charge in [-0.1, -0.05) is 66.2 Å². The van der Waals surface area contributed by atoms with Gasteiger partial charge in [-0.05, 0) is 30.7 Å². The highest BCUT2D eigenvalue weighted by atomic mass is 16.2. The standard InChI is InChI=1S/C22H20N2O/c1-16-12-14-18(15-13-16)24(2)22(17-8-4-3-5-9-17)19-10-6-7-11-20(19)23-21(22)25/h3-15H,1-2H3,(H,23,25). The highest BCUT2D eigenvalue weighted by molar-refractivity contribution is 6.10. The third kappa shape index (κ3) is 2.23. The molecule has 25 heavy (non-hydrogen) atoms. The maximum Gasteiger partial charge on any atom is 0.259 e. The second-order valence-corrected chi connectivity index (χ2v) is 6.47. The molecule has 0 fully saturated rings. The zero-order valence-electron chi connectivity index (χ0n) is 14.4. The van der Waals surface area contributed by atoms with Gasteiger partial charge in [0.15, 0.2) is 5.54 Å². The van der Waals surface area contributed by atoms with Gasteiger partial charge in [0.25, 0.3) is 5.91 Å². The first kappa shape index (κ1) is 15.5. The van der Waals surface area contributed by atoms with Crippen molar-refractivity contribution in [3.05, 3.63) is 95.6 Å². The van der Waals surface area contributed by atoms with E-state index in [1.807, 2.05) is 61.6 Å². The lowest BCUT2D eigenvalue weighted by Crippen LogP contribution is -2.50. The molecule has 0 spiro atoms. The molecule has 3 heteroatoms. The number of carbonyl (C=O) groups is 1. The number of aryl methyl sites for hydroxylation is 1. The van der Waals surface area contributed by atoms with Crippen molar-refractivity contribution in [3.8, 4) is 0 Å². The van der Waals surface area contributed by atoms with Gasteiger partial charge in [-0.3, -0.25) is 4.79 Å². The number of carbonyl (C=O) groups excluding carboxylic acids is 1. The molecule has 3 nitrogen and oxygen atoms in total. The molecule has 0 aromatic heterocycles. The van der Waals surface area contributed by atoms with E-state index in [4.69, 9.17) is 0 Å². The lowest BCUT2D eigenvalue weighted by molar-refractivity contribution is -0.119. The number of nitrogens with one attached hydrogen (secondary N) is 1. The van der Waals surface area contributed by atoms with E-state index >= 15 is 0 Å². The van der Waals surface area contributed by atoms with Gasteiger partial charge < -0.3 is 10.2 Å². The van der Waals surface area contributed by atoms with Gasteiger partial charge >= 0.3 is 0 Å². The molecule has 1 amide bonds. The molecule has 1 N–H and O–H groups in total. The summed E-state index contributed by atoms with van der Waals surface area (Å²) in [4.78, 5) is 15.4. The third-order valence-corrected chi connectivity index (χ3v) is 5.01. The largest absolute Gasteiger partial charge is 0.353 e. The Morgan fingerprint density at radius 2 is 1.48 bits per heavy atom. The van der Waals surface area contributed by atoms with Crippen molar-refractivity contribution >= 4 is 17.3 Å². The minimum Gasteiger partial charge on any atom is -0.353 e. The summed E-state index contributed by atoms with van der Waals surface area (Å²) >= 11 is 0. The second kappa shape index (κ2) is 5.78. The van der Waals surface area contributed by atoms with Gasteiger partial charge in [-0.15, -0.1) is 0 Å². The van der Waals surface area contributed by atoms with E-state index in [-0.39, 0.29) is 5.91 Å². The van der Waals surface area contributed by atoms with Crippen LogP contribution in [0.1, 0.15) is 16.7 Å². The Morgan fingerprint density at radius 3 is 2.20 bits per heavy atom. The molecule has 3 aromatic rings. The number of amides is 1.